The molecule has 0 unspecified atom stereocenters. The van der Waals surface area contributed by atoms with E-state index in [0.29, 0.717) is 0 Å². The highest BCUT2D eigenvalue weighted by Crippen LogP contribution is 2.48. The summed E-state index contributed by atoms with van der Waals surface area (Å²) in [7, 11) is 0. The molecule has 18 heavy (non-hydrogen) atoms. The van der Waals surface area contributed by atoms with E-state index in [4.69, 9.17) is 11.5 Å². The second-order valence-electron chi connectivity index (χ2n) is 3.59. The summed E-state index contributed by atoms with van der Waals surface area (Å²) < 4.78 is 86.1. The van der Waals surface area contributed by atoms with Crippen LogP contribution in [-0.4, -0.2) is 30.6 Å². The van der Waals surface area contributed by atoms with Gasteiger partial charge in [-0.05, 0) is 19.4 Å². The van der Waals surface area contributed by atoms with E-state index < -0.39 is 30.5 Å². The molecule has 0 radical (unpaired) electrons. The Morgan fingerprint density at radius 2 is 1.33 bits per heavy atom. The number of alkyl halides is 7. The summed E-state index contributed by atoms with van der Waals surface area (Å²) in [6.07, 6.45) is -6.81. The first-order chi connectivity index (χ1) is 7.48. The summed E-state index contributed by atoms with van der Waals surface area (Å²) in [5.41, 5.74) is 9.73. The number of hydrogen-bond acceptors (Lipinski definition) is 2. The molecule has 0 saturated heterocycles. The molecule has 0 aromatic heterocycles. The van der Waals surface area contributed by atoms with Gasteiger partial charge >= 0.3 is 18.0 Å². The maximum Gasteiger partial charge on any atom is 0.459 e. The van der Waals surface area contributed by atoms with E-state index in [0.717, 1.165) is 0 Å². The van der Waals surface area contributed by atoms with Gasteiger partial charge in [0, 0.05) is 0 Å². The molecular weight excluding hydrogens is 293 g/mol. The van der Waals surface area contributed by atoms with Gasteiger partial charge in [-0.25, -0.2) is 0 Å². The standard InChI is InChI=1S/C8H13F7N2.ClH/c9-6(10,5(17)3-1-2-4-16)7(11,12)8(13,14)15;/h5H,1-4,16-17H2;1H/t5-;/m0./s1. The molecule has 0 amide bonds. The van der Waals surface area contributed by atoms with Crippen LogP contribution in [0, 0.1) is 0 Å². The zero-order valence-corrected chi connectivity index (χ0v) is 9.93. The Morgan fingerprint density at radius 3 is 1.67 bits per heavy atom. The normalized spacial score (nSPS) is 15.2. The molecule has 10 heteroatoms. The summed E-state index contributed by atoms with van der Waals surface area (Å²) in [5.74, 6) is -11.5. The van der Waals surface area contributed by atoms with Crippen molar-refractivity contribution in [2.45, 2.75) is 43.3 Å². The molecule has 2 nitrogen and oxygen atoms in total. The maximum atomic E-state index is 12.9. The number of halogens is 8. The molecule has 0 rings (SSSR count). The average molecular weight is 307 g/mol. The molecule has 1 atom stereocenters. The van der Waals surface area contributed by atoms with E-state index in [1.807, 2.05) is 0 Å². The van der Waals surface area contributed by atoms with Gasteiger partial charge in [0.1, 0.15) is 0 Å². The molecule has 0 bridgehead atoms. The maximum absolute atomic E-state index is 12.9. The van der Waals surface area contributed by atoms with Gasteiger partial charge in [0.15, 0.2) is 0 Å². The van der Waals surface area contributed by atoms with Crippen molar-refractivity contribution < 1.29 is 30.7 Å². The van der Waals surface area contributed by atoms with E-state index in [1.165, 1.54) is 0 Å². The first-order valence-electron chi connectivity index (χ1n) is 4.76. The summed E-state index contributed by atoms with van der Waals surface area (Å²) in [6.45, 7) is 0.119. The van der Waals surface area contributed by atoms with Crippen LogP contribution >= 0.6 is 12.4 Å². The lowest BCUT2D eigenvalue weighted by atomic mass is 9.98. The predicted molar refractivity (Wildman–Crippen MR) is 54.1 cm³/mol. The van der Waals surface area contributed by atoms with Crippen LogP contribution in [0.2, 0.25) is 0 Å². The highest BCUT2D eigenvalue weighted by molar-refractivity contribution is 5.85. The Balaban J connectivity index is 0. The minimum Gasteiger partial charge on any atom is -0.330 e. The van der Waals surface area contributed by atoms with Gasteiger partial charge in [0.05, 0.1) is 6.04 Å². The van der Waals surface area contributed by atoms with Crippen LogP contribution in [0.4, 0.5) is 30.7 Å². The fourth-order valence-electron chi connectivity index (χ4n) is 1.11. The second-order valence-corrected chi connectivity index (χ2v) is 3.59. The van der Waals surface area contributed by atoms with Crippen LogP contribution in [0.5, 0.6) is 0 Å². The lowest BCUT2D eigenvalue weighted by Gasteiger charge is -2.32. The lowest BCUT2D eigenvalue weighted by molar-refractivity contribution is -0.358. The zero-order valence-electron chi connectivity index (χ0n) is 9.11. The fraction of sp³-hybridized carbons (Fsp3) is 1.00. The molecule has 0 aromatic rings. The minimum absolute atomic E-state index is 0. The van der Waals surface area contributed by atoms with E-state index in [2.05, 4.69) is 0 Å². The Morgan fingerprint density at radius 1 is 0.889 bits per heavy atom. The summed E-state index contributed by atoms with van der Waals surface area (Å²) >= 11 is 0. The third-order valence-corrected chi connectivity index (χ3v) is 2.21. The van der Waals surface area contributed by atoms with Crippen LogP contribution in [0.1, 0.15) is 19.3 Å². The van der Waals surface area contributed by atoms with E-state index >= 15 is 0 Å². The first-order valence-corrected chi connectivity index (χ1v) is 4.76. The Labute approximate surface area is 105 Å². The molecule has 0 saturated carbocycles. The number of rotatable bonds is 6. The first kappa shape index (κ1) is 20.0. The molecule has 112 valence electrons. The van der Waals surface area contributed by atoms with Gasteiger partial charge in [-0.1, -0.05) is 6.42 Å². The van der Waals surface area contributed by atoms with Crippen LogP contribution in [-0.2, 0) is 0 Å². The minimum atomic E-state index is -6.33. The third kappa shape index (κ3) is 4.13. The molecule has 0 aliphatic heterocycles. The molecular formula is C8H14ClF7N2. The van der Waals surface area contributed by atoms with E-state index in [1.54, 1.807) is 0 Å². The van der Waals surface area contributed by atoms with Gasteiger partial charge in [0.25, 0.3) is 0 Å². The van der Waals surface area contributed by atoms with Crippen molar-refractivity contribution >= 4 is 12.4 Å². The van der Waals surface area contributed by atoms with Crippen LogP contribution in [0.3, 0.4) is 0 Å². The van der Waals surface area contributed by atoms with Gasteiger partial charge in [-0.15, -0.1) is 12.4 Å². The molecule has 0 aliphatic carbocycles. The van der Waals surface area contributed by atoms with Crippen molar-refractivity contribution in [3.05, 3.63) is 0 Å². The van der Waals surface area contributed by atoms with Gasteiger partial charge < -0.3 is 11.5 Å². The van der Waals surface area contributed by atoms with Crippen LogP contribution in [0.15, 0.2) is 0 Å². The zero-order chi connectivity index (χ0) is 13.9. The summed E-state index contributed by atoms with van der Waals surface area (Å²) in [5, 5.41) is 0. The van der Waals surface area contributed by atoms with Gasteiger partial charge in [-0.2, -0.15) is 30.7 Å². The predicted octanol–water partition coefficient (Wildman–Crippen LogP) is 2.70. The smallest absolute Gasteiger partial charge is 0.330 e. The molecule has 0 spiro atoms. The topological polar surface area (TPSA) is 52.0 Å². The Kier molecular flexibility index (Phi) is 7.53. The summed E-state index contributed by atoms with van der Waals surface area (Å²) in [4.78, 5) is 0. The van der Waals surface area contributed by atoms with Crippen molar-refractivity contribution in [1.82, 2.24) is 0 Å². The Hall–Kier alpha value is -0.280. The van der Waals surface area contributed by atoms with Crippen LogP contribution in [0.25, 0.3) is 0 Å². The highest BCUT2D eigenvalue weighted by Gasteiger charge is 2.74. The van der Waals surface area contributed by atoms with E-state index in [-0.39, 0.29) is 31.8 Å². The molecule has 4 N–H and O–H groups in total. The number of nitrogens with two attached hydrogens (primary N) is 2. The quantitative estimate of drug-likeness (QED) is 0.585. The van der Waals surface area contributed by atoms with Crippen molar-refractivity contribution in [2.24, 2.45) is 11.5 Å². The summed E-state index contributed by atoms with van der Waals surface area (Å²) in [6, 6.07) is -2.56. The van der Waals surface area contributed by atoms with Crippen LogP contribution < -0.4 is 11.5 Å². The average Bonchev–Trinajstić information content (AvgIpc) is 2.15. The third-order valence-electron chi connectivity index (χ3n) is 2.21. The second kappa shape index (κ2) is 6.76. The van der Waals surface area contributed by atoms with Crippen molar-refractivity contribution in [2.75, 3.05) is 6.54 Å². The van der Waals surface area contributed by atoms with Crippen molar-refractivity contribution in [3.63, 3.8) is 0 Å². The molecule has 0 fully saturated rings. The fourth-order valence-corrected chi connectivity index (χ4v) is 1.11. The highest BCUT2D eigenvalue weighted by atomic mass is 35.5. The largest absolute Gasteiger partial charge is 0.459 e. The van der Waals surface area contributed by atoms with E-state index in [9.17, 15) is 30.7 Å². The lowest BCUT2D eigenvalue weighted by Crippen LogP contribution is -2.60. The van der Waals surface area contributed by atoms with Gasteiger partial charge in [0.2, 0.25) is 0 Å². The molecule has 0 aromatic carbocycles. The van der Waals surface area contributed by atoms with Gasteiger partial charge in [-0.3, -0.25) is 0 Å². The number of hydrogen-bond donors (Lipinski definition) is 2. The molecule has 0 heterocycles. The van der Waals surface area contributed by atoms with Crippen molar-refractivity contribution in [1.29, 1.82) is 0 Å². The molecule has 0 aliphatic rings. The van der Waals surface area contributed by atoms with Crippen molar-refractivity contribution in [3.8, 4) is 0 Å². The Bertz CT molecular complexity index is 244. The SMILES string of the molecule is Cl.NCCCC[C@H](N)C(F)(F)C(F)(F)C(F)(F)F. The monoisotopic (exact) mass is 306 g/mol. The number of unbranched alkanes of at least 4 members (excludes halogenated alkanes) is 1.